The predicted octanol–water partition coefficient (Wildman–Crippen LogP) is 3.74. The molecule has 0 atom stereocenters. The molecular formula is C10H8F6O2. The summed E-state index contributed by atoms with van der Waals surface area (Å²) in [6.07, 6.45) is -9.94. The number of benzene rings is 1. The van der Waals surface area contributed by atoms with Gasteiger partial charge in [0.2, 0.25) is 0 Å². The van der Waals surface area contributed by atoms with Gasteiger partial charge < -0.3 is 9.47 Å². The van der Waals surface area contributed by atoms with E-state index >= 15 is 0 Å². The van der Waals surface area contributed by atoms with Gasteiger partial charge in [0.25, 0.3) is 0 Å². The van der Waals surface area contributed by atoms with E-state index in [9.17, 15) is 26.3 Å². The third-order valence-corrected chi connectivity index (χ3v) is 2.11. The van der Waals surface area contributed by atoms with Crippen LogP contribution in [0, 0.1) is 0 Å². The summed E-state index contributed by atoms with van der Waals surface area (Å²) in [6, 6.07) is 0.905. The van der Waals surface area contributed by atoms with Crippen LogP contribution in [-0.2, 0) is 12.4 Å². The van der Waals surface area contributed by atoms with Gasteiger partial charge in [-0.15, -0.1) is 0 Å². The van der Waals surface area contributed by atoms with Crippen molar-refractivity contribution in [1.29, 1.82) is 0 Å². The molecule has 0 amide bonds. The Balaban J connectivity index is 3.61. The Kier molecular flexibility index (Phi) is 3.68. The van der Waals surface area contributed by atoms with Crippen LogP contribution in [0.25, 0.3) is 0 Å². The third kappa shape index (κ3) is 2.80. The maximum absolute atomic E-state index is 12.6. The van der Waals surface area contributed by atoms with Gasteiger partial charge in [-0.3, -0.25) is 0 Å². The highest BCUT2D eigenvalue weighted by Gasteiger charge is 2.42. The van der Waals surface area contributed by atoms with Gasteiger partial charge in [-0.25, -0.2) is 0 Å². The second-order valence-electron chi connectivity index (χ2n) is 3.25. The van der Waals surface area contributed by atoms with Crippen molar-refractivity contribution in [3.05, 3.63) is 23.3 Å². The Labute approximate surface area is 98.1 Å². The topological polar surface area (TPSA) is 18.5 Å². The van der Waals surface area contributed by atoms with Gasteiger partial charge in [0, 0.05) is 0 Å². The van der Waals surface area contributed by atoms with Crippen LogP contribution in [0.4, 0.5) is 26.3 Å². The van der Waals surface area contributed by atoms with Crippen LogP contribution in [0.1, 0.15) is 11.1 Å². The van der Waals surface area contributed by atoms with Gasteiger partial charge in [-0.05, 0) is 12.1 Å². The molecule has 0 saturated heterocycles. The van der Waals surface area contributed by atoms with Crippen LogP contribution in [0.15, 0.2) is 12.1 Å². The Hall–Kier alpha value is -1.60. The Morgan fingerprint density at radius 1 is 0.778 bits per heavy atom. The van der Waals surface area contributed by atoms with Crippen LogP contribution in [0.5, 0.6) is 11.5 Å². The smallest absolute Gasteiger partial charge is 0.420 e. The summed E-state index contributed by atoms with van der Waals surface area (Å²) in [4.78, 5) is 0. The van der Waals surface area contributed by atoms with Crippen LogP contribution < -0.4 is 9.47 Å². The standard InChI is InChI=1S/C10H8F6O2/c1-17-5-3-6(9(11,12)13)8(18-2)7(4-5)10(14,15)16/h3-4H,1-2H3. The second kappa shape index (κ2) is 4.58. The summed E-state index contributed by atoms with van der Waals surface area (Å²) in [7, 11) is 1.72. The second-order valence-corrected chi connectivity index (χ2v) is 3.25. The molecule has 0 aromatic heterocycles. The molecule has 1 aromatic rings. The van der Waals surface area contributed by atoms with Crippen LogP contribution >= 0.6 is 0 Å². The molecule has 8 heteroatoms. The van der Waals surface area contributed by atoms with Gasteiger partial charge >= 0.3 is 12.4 Å². The molecule has 0 spiro atoms. The molecule has 0 aliphatic heterocycles. The fourth-order valence-electron chi connectivity index (χ4n) is 1.36. The van der Waals surface area contributed by atoms with Gasteiger partial charge in [0.15, 0.2) is 0 Å². The summed E-state index contributed by atoms with van der Waals surface area (Å²) in [5.41, 5.74) is -3.06. The molecule has 0 fully saturated rings. The fraction of sp³-hybridized carbons (Fsp3) is 0.400. The lowest BCUT2D eigenvalue weighted by Crippen LogP contribution is -2.14. The molecule has 0 aliphatic rings. The van der Waals surface area contributed by atoms with Gasteiger partial charge in [-0.1, -0.05) is 0 Å². The lowest BCUT2D eigenvalue weighted by Gasteiger charge is -2.18. The monoisotopic (exact) mass is 274 g/mol. The van der Waals surface area contributed by atoms with E-state index in [4.69, 9.17) is 0 Å². The first-order chi connectivity index (χ1) is 8.11. The summed E-state index contributed by atoms with van der Waals surface area (Å²) in [5, 5.41) is 0. The van der Waals surface area contributed by atoms with Crippen LogP contribution in [0.3, 0.4) is 0 Å². The van der Waals surface area contributed by atoms with E-state index in [1.807, 2.05) is 0 Å². The van der Waals surface area contributed by atoms with Crippen molar-refractivity contribution in [2.75, 3.05) is 14.2 Å². The molecular weight excluding hydrogens is 266 g/mol. The van der Waals surface area contributed by atoms with Crippen LogP contribution in [0.2, 0.25) is 0 Å². The minimum absolute atomic E-state index is 0.452. The van der Waals surface area contributed by atoms with Crippen LogP contribution in [-0.4, -0.2) is 14.2 Å². The largest absolute Gasteiger partial charge is 0.497 e. The zero-order valence-electron chi connectivity index (χ0n) is 9.24. The maximum Gasteiger partial charge on any atom is 0.420 e. The van der Waals surface area contributed by atoms with Crippen molar-refractivity contribution in [3.63, 3.8) is 0 Å². The molecule has 0 unspecified atom stereocenters. The fourth-order valence-corrected chi connectivity index (χ4v) is 1.36. The number of halogens is 6. The number of alkyl halides is 6. The first kappa shape index (κ1) is 14.5. The Morgan fingerprint density at radius 2 is 1.17 bits per heavy atom. The van der Waals surface area contributed by atoms with E-state index in [0.717, 1.165) is 14.2 Å². The van der Waals surface area contributed by atoms with Crippen molar-refractivity contribution in [3.8, 4) is 11.5 Å². The highest BCUT2D eigenvalue weighted by atomic mass is 19.4. The average molecular weight is 274 g/mol. The first-order valence-corrected chi connectivity index (χ1v) is 4.51. The van der Waals surface area contributed by atoms with E-state index < -0.39 is 35.0 Å². The van der Waals surface area contributed by atoms with Gasteiger partial charge in [-0.2, -0.15) is 26.3 Å². The Morgan fingerprint density at radius 3 is 1.39 bits per heavy atom. The molecule has 0 N–H and O–H groups in total. The first-order valence-electron chi connectivity index (χ1n) is 4.51. The minimum atomic E-state index is -4.97. The summed E-state index contributed by atoms with van der Waals surface area (Å²) in [6.45, 7) is 0. The van der Waals surface area contributed by atoms with Crippen molar-refractivity contribution in [2.24, 2.45) is 0 Å². The highest BCUT2D eigenvalue weighted by molar-refractivity contribution is 5.50. The van der Waals surface area contributed by atoms with Crippen molar-refractivity contribution in [2.45, 2.75) is 12.4 Å². The maximum atomic E-state index is 12.6. The summed E-state index contributed by atoms with van der Waals surface area (Å²) >= 11 is 0. The minimum Gasteiger partial charge on any atom is -0.497 e. The van der Waals surface area contributed by atoms with E-state index in [1.165, 1.54) is 0 Å². The Bertz CT molecular complexity index is 400. The van der Waals surface area contributed by atoms with Gasteiger partial charge in [0.1, 0.15) is 22.6 Å². The van der Waals surface area contributed by atoms with E-state index in [1.54, 1.807) is 0 Å². The molecule has 0 radical (unpaired) electrons. The highest BCUT2D eigenvalue weighted by Crippen LogP contribution is 2.46. The molecule has 1 rings (SSSR count). The summed E-state index contributed by atoms with van der Waals surface area (Å²) in [5.74, 6) is -1.81. The zero-order chi connectivity index (χ0) is 14.1. The van der Waals surface area contributed by atoms with Crippen molar-refractivity contribution >= 4 is 0 Å². The molecule has 2 nitrogen and oxygen atoms in total. The third-order valence-electron chi connectivity index (χ3n) is 2.11. The predicted molar refractivity (Wildman–Crippen MR) is 49.6 cm³/mol. The number of ether oxygens (including phenoxy) is 2. The molecule has 0 saturated carbocycles. The SMILES string of the molecule is COc1cc(C(F)(F)F)c(OC)c(C(F)(F)F)c1. The molecule has 102 valence electrons. The number of rotatable bonds is 2. The zero-order valence-corrected chi connectivity index (χ0v) is 9.24. The average Bonchev–Trinajstić information content (AvgIpc) is 2.24. The number of methoxy groups -OCH3 is 2. The van der Waals surface area contributed by atoms with E-state index in [-0.39, 0.29) is 0 Å². The van der Waals surface area contributed by atoms with Crippen molar-refractivity contribution < 1.29 is 35.8 Å². The van der Waals surface area contributed by atoms with E-state index in [2.05, 4.69) is 9.47 Å². The lowest BCUT2D eigenvalue weighted by molar-refractivity contribution is -0.145. The number of hydrogen-bond acceptors (Lipinski definition) is 2. The summed E-state index contributed by atoms with van der Waals surface area (Å²) < 4.78 is 84.4. The van der Waals surface area contributed by atoms with Crippen molar-refractivity contribution in [1.82, 2.24) is 0 Å². The molecule has 18 heavy (non-hydrogen) atoms. The lowest BCUT2D eigenvalue weighted by atomic mass is 10.1. The van der Waals surface area contributed by atoms with Gasteiger partial charge in [0.05, 0.1) is 14.2 Å². The molecule has 0 aliphatic carbocycles. The van der Waals surface area contributed by atoms with E-state index in [0.29, 0.717) is 12.1 Å². The molecule has 1 aromatic carbocycles. The molecule has 0 bridgehead atoms. The quantitative estimate of drug-likeness (QED) is 0.765. The molecule has 0 heterocycles. The normalized spacial score (nSPS) is 12.4. The number of hydrogen-bond donors (Lipinski definition) is 0.